The summed E-state index contributed by atoms with van der Waals surface area (Å²) in [6, 6.07) is 12.8. The van der Waals surface area contributed by atoms with Gasteiger partial charge in [0, 0.05) is 40.8 Å². The Kier molecular flexibility index (Phi) is 9.28. The predicted molar refractivity (Wildman–Crippen MR) is 150 cm³/mol. The third-order valence-corrected chi connectivity index (χ3v) is 7.51. The number of phosphoric acid groups is 1. The number of thiol groups is 1. The van der Waals surface area contributed by atoms with Gasteiger partial charge in [0.25, 0.3) is 5.91 Å². The summed E-state index contributed by atoms with van der Waals surface area (Å²) >= 11 is 3.27. The molecule has 0 bridgehead atoms. The molecule has 210 valence electrons. The van der Waals surface area contributed by atoms with Crippen LogP contribution in [0.3, 0.4) is 0 Å². The van der Waals surface area contributed by atoms with Crippen LogP contribution < -0.4 is 10.7 Å². The summed E-state index contributed by atoms with van der Waals surface area (Å²) in [5.41, 5.74) is 1.29. The van der Waals surface area contributed by atoms with E-state index >= 15 is 0 Å². The number of carboxylic acid groups (broad SMARTS) is 1. The first-order valence-corrected chi connectivity index (χ1v) is 14.1. The maximum absolute atomic E-state index is 13.0. The lowest BCUT2D eigenvalue weighted by Gasteiger charge is -2.17. The quantitative estimate of drug-likeness (QED) is 0.0485. The Balaban J connectivity index is 1.56. The van der Waals surface area contributed by atoms with Crippen molar-refractivity contribution in [3.05, 3.63) is 75.9 Å². The summed E-state index contributed by atoms with van der Waals surface area (Å²) in [5, 5.41) is 23.2. The lowest BCUT2D eigenvalue weighted by atomic mass is 9.89. The molecule has 2 aromatic carbocycles. The average Bonchev–Trinajstić information content (AvgIpc) is 2.92. The Bertz CT molecular complexity index is 1640. The molecule has 13 heteroatoms. The molecule has 1 atom stereocenters. The van der Waals surface area contributed by atoms with Crippen LogP contribution in [0.1, 0.15) is 46.4 Å². The highest BCUT2D eigenvalue weighted by molar-refractivity contribution is 7.80. The monoisotopic (exact) mass is 587 g/mol. The van der Waals surface area contributed by atoms with Gasteiger partial charge in [-0.05, 0) is 73.8 Å². The number of phosphoric ester groups is 1. The standard InChI is InChI=1S/C27H26NO10PS/c29-17-6-9-20-23(14-17)37-24-15-18(30)7-10-21(24)25(20)22-13-16(5-8-19(22)27(32)33)26(31)28-11-3-1-2-4-12-36-39(34,35)38-40/h5-10,13-15,29,40H,1-4,11-12H2,(H,28,31)(H,32,33)(H,34,35). The lowest BCUT2D eigenvalue weighted by molar-refractivity contribution is 0.0697. The second kappa shape index (κ2) is 12.7. The summed E-state index contributed by atoms with van der Waals surface area (Å²) in [6.07, 6.45) is 2.58. The Morgan fingerprint density at radius 3 is 2.50 bits per heavy atom. The van der Waals surface area contributed by atoms with Crippen molar-refractivity contribution < 1.29 is 42.2 Å². The average molecular weight is 588 g/mol. The highest BCUT2D eigenvalue weighted by atomic mass is 32.1. The molecule has 2 aliphatic rings. The molecule has 4 N–H and O–H groups in total. The van der Waals surface area contributed by atoms with E-state index in [0.29, 0.717) is 42.3 Å². The molecular weight excluding hydrogens is 561 g/mol. The normalized spacial score (nSPS) is 12.8. The summed E-state index contributed by atoms with van der Waals surface area (Å²) in [5.74, 6) is -1.47. The highest BCUT2D eigenvalue weighted by Gasteiger charge is 2.23. The fourth-order valence-corrected chi connectivity index (χ4v) is 4.86. The molecule has 1 unspecified atom stereocenters. The summed E-state index contributed by atoms with van der Waals surface area (Å²) in [6.45, 7) is 0.390. The van der Waals surface area contributed by atoms with Crippen molar-refractivity contribution in [1.82, 2.24) is 5.32 Å². The number of carbonyl (C=O) groups excluding carboxylic acids is 1. The van der Waals surface area contributed by atoms with E-state index in [1.807, 2.05) is 0 Å². The van der Waals surface area contributed by atoms with E-state index in [0.717, 1.165) is 6.42 Å². The largest absolute Gasteiger partial charge is 0.508 e. The first-order valence-electron chi connectivity index (χ1n) is 12.3. The van der Waals surface area contributed by atoms with Gasteiger partial charge in [-0.1, -0.05) is 12.8 Å². The van der Waals surface area contributed by atoms with Gasteiger partial charge in [-0.2, -0.15) is 0 Å². The zero-order chi connectivity index (χ0) is 28.9. The van der Waals surface area contributed by atoms with Gasteiger partial charge in [-0.25, -0.2) is 13.3 Å². The van der Waals surface area contributed by atoms with Gasteiger partial charge in [-0.15, -0.1) is 0 Å². The molecule has 0 aromatic heterocycles. The zero-order valence-electron chi connectivity index (χ0n) is 21.0. The van der Waals surface area contributed by atoms with E-state index in [-0.39, 0.29) is 45.8 Å². The third kappa shape index (κ3) is 6.90. The van der Waals surface area contributed by atoms with Crippen molar-refractivity contribution in [3.8, 4) is 28.2 Å². The molecule has 0 fully saturated rings. The minimum Gasteiger partial charge on any atom is -0.508 e. The number of phenols is 1. The number of carboxylic acids is 1. The van der Waals surface area contributed by atoms with E-state index in [1.54, 1.807) is 6.07 Å². The number of amides is 1. The third-order valence-electron chi connectivity index (χ3n) is 6.17. The second-order valence-corrected chi connectivity index (χ2v) is 10.8. The number of benzene rings is 3. The Labute approximate surface area is 233 Å². The van der Waals surface area contributed by atoms with Crippen molar-refractivity contribution in [2.45, 2.75) is 25.7 Å². The van der Waals surface area contributed by atoms with Gasteiger partial charge in [0.05, 0.1) is 12.2 Å². The van der Waals surface area contributed by atoms with Crippen LogP contribution in [0.2, 0.25) is 0 Å². The lowest BCUT2D eigenvalue weighted by Crippen LogP contribution is -2.24. The minimum absolute atomic E-state index is 0.0330. The SMILES string of the molecule is O=C(NCCCCCCOP(=O)(O)OS)c1ccc(C(=O)O)c(-c2c3ccc(=O)cc-3oc3cc(O)ccc23)c1. The van der Waals surface area contributed by atoms with Gasteiger partial charge in [0.15, 0.2) is 5.43 Å². The van der Waals surface area contributed by atoms with Crippen molar-refractivity contribution in [3.63, 3.8) is 0 Å². The van der Waals surface area contributed by atoms with Crippen LogP contribution in [-0.4, -0.2) is 40.1 Å². The second-order valence-electron chi connectivity index (χ2n) is 8.93. The first-order chi connectivity index (χ1) is 19.1. The van der Waals surface area contributed by atoms with Crippen LogP contribution in [0.15, 0.2) is 63.8 Å². The van der Waals surface area contributed by atoms with E-state index in [4.69, 9.17) is 9.31 Å². The number of carbonyl (C=O) groups is 2. The molecule has 1 heterocycles. The van der Waals surface area contributed by atoms with E-state index < -0.39 is 19.7 Å². The van der Waals surface area contributed by atoms with Crippen LogP contribution >= 0.6 is 20.7 Å². The molecule has 11 nitrogen and oxygen atoms in total. The Morgan fingerprint density at radius 1 is 0.975 bits per heavy atom. The number of aromatic hydroxyl groups is 1. The zero-order valence-corrected chi connectivity index (χ0v) is 22.8. The van der Waals surface area contributed by atoms with Crippen LogP contribution in [-0.2, 0) is 13.1 Å². The van der Waals surface area contributed by atoms with Gasteiger partial charge in [-0.3, -0.25) is 14.1 Å². The van der Waals surface area contributed by atoms with Crippen LogP contribution in [0.25, 0.3) is 33.4 Å². The maximum Gasteiger partial charge on any atom is 0.483 e. The van der Waals surface area contributed by atoms with Crippen LogP contribution in [0.5, 0.6) is 5.75 Å². The summed E-state index contributed by atoms with van der Waals surface area (Å²) in [4.78, 5) is 46.3. The molecule has 1 aliphatic heterocycles. The number of hydrogen-bond donors (Lipinski definition) is 5. The maximum atomic E-state index is 13.0. The number of hydrogen-bond acceptors (Lipinski definition) is 9. The molecule has 0 saturated heterocycles. The molecular formula is C27H26NO10PS. The number of fused-ring (bicyclic) bond motifs is 2. The fraction of sp³-hybridized carbons (Fsp3) is 0.222. The van der Waals surface area contributed by atoms with Crippen molar-refractivity contribution in [2.24, 2.45) is 0 Å². The molecule has 1 amide bonds. The van der Waals surface area contributed by atoms with E-state index in [9.17, 15) is 29.2 Å². The molecule has 4 rings (SSSR count). The highest BCUT2D eigenvalue weighted by Crippen LogP contribution is 2.44. The Hall–Kier alpha value is -3.67. The number of nitrogens with one attached hydrogen (secondary N) is 1. The molecule has 1 aliphatic carbocycles. The topological polar surface area (TPSA) is 173 Å². The fourth-order valence-electron chi connectivity index (χ4n) is 4.32. The van der Waals surface area contributed by atoms with Crippen molar-refractivity contribution in [1.29, 1.82) is 0 Å². The number of unbranched alkanes of at least 4 members (excludes halogenated alkanes) is 3. The smallest absolute Gasteiger partial charge is 0.483 e. The van der Waals surface area contributed by atoms with Crippen LogP contribution in [0, 0.1) is 0 Å². The summed E-state index contributed by atoms with van der Waals surface area (Å²) in [7, 11) is -4.11. The molecule has 0 spiro atoms. The number of rotatable bonds is 12. The van der Waals surface area contributed by atoms with Gasteiger partial charge >= 0.3 is 13.8 Å². The summed E-state index contributed by atoms with van der Waals surface area (Å²) < 4.78 is 25.7. The van der Waals surface area contributed by atoms with Gasteiger partial charge in [0.2, 0.25) is 0 Å². The first kappa shape index (κ1) is 29.3. The van der Waals surface area contributed by atoms with Gasteiger partial charge < -0.3 is 24.8 Å². The molecule has 40 heavy (non-hydrogen) atoms. The van der Waals surface area contributed by atoms with E-state index in [2.05, 4.69) is 26.7 Å². The van der Waals surface area contributed by atoms with Crippen molar-refractivity contribution >= 4 is 43.6 Å². The minimum atomic E-state index is -4.11. The van der Waals surface area contributed by atoms with Crippen molar-refractivity contribution in [2.75, 3.05) is 13.2 Å². The van der Waals surface area contributed by atoms with Gasteiger partial charge in [0.1, 0.15) is 17.1 Å². The Morgan fingerprint density at radius 2 is 1.75 bits per heavy atom. The molecule has 0 radical (unpaired) electrons. The van der Waals surface area contributed by atoms with Crippen LogP contribution in [0.4, 0.5) is 0 Å². The predicted octanol–water partition coefficient (Wildman–Crippen LogP) is 5.24. The molecule has 0 saturated carbocycles. The number of phenolic OH excluding ortho intramolecular Hbond substituents is 1. The molecule has 2 aromatic rings. The van der Waals surface area contributed by atoms with E-state index in [1.165, 1.54) is 48.5 Å². The number of aromatic carboxylic acids is 1.